The Kier molecular flexibility index (Phi) is 4.52. The molecule has 0 bridgehead atoms. The Morgan fingerprint density at radius 3 is 2.52 bits per heavy atom. The van der Waals surface area contributed by atoms with Gasteiger partial charge >= 0.3 is 0 Å². The first-order valence-electron chi connectivity index (χ1n) is 8.83. The lowest BCUT2D eigenvalue weighted by Gasteiger charge is -2.23. The van der Waals surface area contributed by atoms with E-state index in [1.165, 1.54) is 0 Å². The number of carbonyl (C=O) groups is 1. The highest BCUT2D eigenvalue weighted by Crippen LogP contribution is 2.32. The lowest BCUT2D eigenvalue weighted by Crippen LogP contribution is -2.33. The minimum atomic E-state index is -0.505. The molecule has 1 unspecified atom stereocenters. The van der Waals surface area contributed by atoms with Crippen LogP contribution in [0.1, 0.15) is 10.4 Å². The van der Waals surface area contributed by atoms with Crippen molar-refractivity contribution in [1.29, 1.82) is 0 Å². The van der Waals surface area contributed by atoms with E-state index >= 15 is 0 Å². The normalized spacial score (nSPS) is 15.7. The van der Waals surface area contributed by atoms with Gasteiger partial charge in [-0.05, 0) is 42.9 Å². The molecule has 0 spiro atoms. The molecular weight excluding hydrogens is 342 g/mol. The molecule has 2 aromatic carbocycles. The largest absolute Gasteiger partial charge is 0.457 e. The molecule has 7 nitrogen and oxygen atoms in total. The van der Waals surface area contributed by atoms with Crippen LogP contribution in [0.4, 0.5) is 5.82 Å². The summed E-state index contributed by atoms with van der Waals surface area (Å²) in [5, 5.41) is 7.85. The van der Waals surface area contributed by atoms with Crippen LogP contribution < -0.4 is 21.5 Å². The Labute approximate surface area is 156 Å². The highest BCUT2D eigenvalue weighted by atomic mass is 16.5. The maximum absolute atomic E-state index is 12.1. The SMILES string of the molecule is NCC1CNc2c(C(N)=O)c(-c3ccc(Oc4ccccc4)cc3)nn2C1. The van der Waals surface area contributed by atoms with Gasteiger partial charge in [-0.1, -0.05) is 18.2 Å². The summed E-state index contributed by atoms with van der Waals surface area (Å²) >= 11 is 0. The van der Waals surface area contributed by atoms with Crippen LogP contribution in [0.25, 0.3) is 11.3 Å². The standard InChI is InChI=1S/C20H21N5O2/c21-10-13-11-23-20-17(19(22)26)18(24-25(20)12-13)14-6-8-16(9-7-14)27-15-4-2-1-3-5-15/h1-9,13,23H,10-12,21H2,(H2,22,26). The minimum absolute atomic E-state index is 0.271. The number of benzene rings is 2. The van der Waals surface area contributed by atoms with Gasteiger partial charge < -0.3 is 21.5 Å². The number of carbonyl (C=O) groups excluding carboxylic acids is 1. The number of hydrogen-bond donors (Lipinski definition) is 3. The van der Waals surface area contributed by atoms with Crippen molar-refractivity contribution in [2.24, 2.45) is 17.4 Å². The highest BCUT2D eigenvalue weighted by molar-refractivity contribution is 6.03. The second-order valence-electron chi connectivity index (χ2n) is 6.54. The van der Waals surface area contributed by atoms with E-state index in [-0.39, 0.29) is 5.92 Å². The van der Waals surface area contributed by atoms with Gasteiger partial charge in [0, 0.05) is 24.6 Å². The summed E-state index contributed by atoms with van der Waals surface area (Å²) in [5.41, 5.74) is 13.2. The lowest BCUT2D eigenvalue weighted by atomic mass is 10.1. The molecule has 1 amide bonds. The van der Waals surface area contributed by atoms with Gasteiger partial charge in [0.2, 0.25) is 0 Å². The summed E-state index contributed by atoms with van der Waals surface area (Å²) in [5.74, 6) is 1.89. The van der Waals surface area contributed by atoms with Gasteiger partial charge in [0.15, 0.2) is 0 Å². The Morgan fingerprint density at radius 1 is 1.15 bits per heavy atom. The molecule has 3 aromatic rings. The van der Waals surface area contributed by atoms with Crippen LogP contribution in [-0.2, 0) is 6.54 Å². The van der Waals surface area contributed by atoms with Crippen molar-refractivity contribution in [2.75, 3.05) is 18.4 Å². The van der Waals surface area contributed by atoms with Crippen molar-refractivity contribution in [3.8, 4) is 22.8 Å². The van der Waals surface area contributed by atoms with Gasteiger partial charge in [-0.25, -0.2) is 4.68 Å². The molecule has 0 radical (unpaired) electrons. The molecule has 4 rings (SSSR count). The van der Waals surface area contributed by atoms with Crippen molar-refractivity contribution in [3.05, 3.63) is 60.2 Å². The number of aromatic nitrogens is 2. The predicted octanol–water partition coefficient (Wildman–Crippen LogP) is 2.44. The lowest BCUT2D eigenvalue weighted by molar-refractivity contribution is 0.100. The number of ether oxygens (including phenoxy) is 1. The predicted molar refractivity (Wildman–Crippen MR) is 104 cm³/mol. The Hall–Kier alpha value is -3.32. The number of rotatable bonds is 5. The van der Waals surface area contributed by atoms with Crippen molar-refractivity contribution in [3.63, 3.8) is 0 Å². The number of anilines is 1. The molecule has 1 aromatic heterocycles. The zero-order valence-corrected chi connectivity index (χ0v) is 14.8. The summed E-state index contributed by atoms with van der Waals surface area (Å²) in [6, 6.07) is 17.0. The molecule has 7 heteroatoms. The first-order chi connectivity index (χ1) is 13.2. The van der Waals surface area contributed by atoms with Crippen LogP contribution in [0.3, 0.4) is 0 Å². The smallest absolute Gasteiger partial charge is 0.254 e. The quantitative estimate of drug-likeness (QED) is 0.645. The van der Waals surface area contributed by atoms with E-state index in [1.54, 1.807) is 4.68 Å². The second-order valence-corrected chi connectivity index (χ2v) is 6.54. The van der Waals surface area contributed by atoms with Crippen molar-refractivity contribution < 1.29 is 9.53 Å². The third-order valence-corrected chi connectivity index (χ3v) is 4.63. The number of nitrogens with zero attached hydrogens (tertiary/aromatic N) is 2. The van der Waals surface area contributed by atoms with Gasteiger partial charge in [-0.2, -0.15) is 5.10 Å². The molecule has 27 heavy (non-hydrogen) atoms. The fraction of sp³-hybridized carbons (Fsp3) is 0.200. The molecule has 138 valence electrons. The van der Waals surface area contributed by atoms with Crippen LogP contribution in [0.15, 0.2) is 54.6 Å². The summed E-state index contributed by atoms with van der Waals surface area (Å²) in [6.07, 6.45) is 0. The van der Waals surface area contributed by atoms with Gasteiger partial charge in [0.05, 0.1) is 0 Å². The van der Waals surface area contributed by atoms with Crippen LogP contribution in [-0.4, -0.2) is 28.8 Å². The van der Waals surface area contributed by atoms with Crippen molar-refractivity contribution in [1.82, 2.24) is 9.78 Å². The number of nitrogens with one attached hydrogen (secondary N) is 1. The first-order valence-corrected chi connectivity index (χ1v) is 8.83. The fourth-order valence-corrected chi connectivity index (χ4v) is 3.22. The molecule has 1 aliphatic rings. The van der Waals surface area contributed by atoms with Crippen LogP contribution in [0.5, 0.6) is 11.5 Å². The maximum atomic E-state index is 12.1. The summed E-state index contributed by atoms with van der Waals surface area (Å²) in [7, 11) is 0. The molecule has 0 aliphatic carbocycles. The highest BCUT2D eigenvalue weighted by Gasteiger charge is 2.27. The topological polar surface area (TPSA) is 108 Å². The van der Waals surface area contributed by atoms with E-state index in [9.17, 15) is 4.79 Å². The molecular formula is C20H21N5O2. The average Bonchev–Trinajstić information content (AvgIpc) is 3.08. The molecule has 0 saturated heterocycles. The van der Waals surface area contributed by atoms with Crippen LogP contribution in [0, 0.1) is 5.92 Å². The fourth-order valence-electron chi connectivity index (χ4n) is 3.22. The van der Waals surface area contributed by atoms with E-state index < -0.39 is 5.91 Å². The van der Waals surface area contributed by atoms with E-state index in [1.807, 2.05) is 54.6 Å². The third-order valence-electron chi connectivity index (χ3n) is 4.63. The minimum Gasteiger partial charge on any atom is -0.457 e. The first kappa shape index (κ1) is 17.1. The number of amides is 1. The van der Waals surface area contributed by atoms with Gasteiger partial charge in [-0.15, -0.1) is 0 Å². The van der Waals surface area contributed by atoms with E-state index in [0.29, 0.717) is 42.5 Å². The molecule has 0 fully saturated rings. The molecule has 5 N–H and O–H groups in total. The van der Waals surface area contributed by atoms with Crippen molar-refractivity contribution >= 4 is 11.7 Å². The van der Waals surface area contributed by atoms with Crippen LogP contribution >= 0.6 is 0 Å². The van der Waals surface area contributed by atoms with Crippen molar-refractivity contribution in [2.45, 2.75) is 6.54 Å². The van der Waals surface area contributed by atoms with Crippen LogP contribution in [0.2, 0.25) is 0 Å². The zero-order valence-electron chi connectivity index (χ0n) is 14.8. The molecule has 0 saturated carbocycles. The third kappa shape index (κ3) is 3.37. The monoisotopic (exact) mass is 363 g/mol. The van der Waals surface area contributed by atoms with E-state index in [4.69, 9.17) is 16.2 Å². The second kappa shape index (κ2) is 7.13. The number of nitrogens with two attached hydrogens (primary N) is 2. The van der Waals surface area contributed by atoms with Gasteiger partial charge in [0.1, 0.15) is 28.6 Å². The number of para-hydroxylation sites is 1. The zero-order chi connectivity index (χ0) is 18.8. The Balaban J connectivity index is 1.65. The summed E-state index contributed by atoms with van der Waals surface area (Å²) in [4.78, 5) is 12.1. The summed E-state index contributed by atoms with van der Waals surface area (Å²) < 4.78 is 7.60. The average molecular weight is 363 g/mol. The summed E-state index contributed by atoms with van der Waals surface area (Å²) in [6.45, 7) is 1.92. The molecule has 2 heterocycles. The van der Waals surface area contributed by atoms with E-state index in [2.05, 4.69) is 10.4 Å². The Bertz CT molecular complexity index is 951. The molecule has 1 atom stereocenters. The van der Waals surface area contributed by atoms with E-state index in [0.717, 1.165) is 11.3 Å². The number of fused-ring (bicyclic) bond motifs is 1. The molecule has 1 aliphatic heterocycles. The van der Waals surface area contributed by atoms with Gasteiger partial charge in [-0.3, -0.25) is 4.79 Å². The maximum Gasteiger partial charge on any atom is 0.254 e. The number of hydrogen-bond acceptors (Lipinski definition) is 5. The van der Waals surface area contributed by atoms with Gasteiger partial charge in [0.25, 0.3) is 5.91 Å². The number of primary amides is 1. The Morgan fingerprint density at radius 2 is 1.85 bits per heavy atom.